The van der Waals surface area contributed by atoms with Gasteiger partial charge in [0.25, 0.3) is 0 Å². The van der Waals surface area contributed by atoms with Gasteiger partial charge in [0.05, 0.1) is 9.37 Å². The molecular formula is C17H15BrClNO5S. The van der Waals surface area contributed by atoms with E-state index < -0.39 is 22.5 Å². The van der Waals surface area contributed by atoms with E-state index in [-0.39, 0.29) is 16.4 Å². The van der Waals surface area contributed by atoms with Crippen molar-refractivity contribution < 1.29 is 22.7 Å². The molecule has 9 heteroatoms. The number of benzene rings is 2. The smallest absolute Gasteiger partial charge is 0.326 e. The molecule has 0 atom stereocenters. The molecule has 2 aromatic rings. The largest absolute Gasteiger partial charge is 0.424 e. The molecule has 0 N–H and O–H groups in total. The Bertz CT molecular complexity index is 944. The van der Waals surface area contributed by atoms with E-state index in [9.17, 15) is 18.0 Å². The topological polar surface area (TPSA) is 80.8 Å². The molecule has 0 aromatic heterocycles. The Kier molecular flexibility index (Phi) is 6.57. The van der Waals surface area contributed by atoms with Crippen LogP contribution in [0.2, 0.25) is 5.02 Å². The van der Waals surface area contributed by atoms with Crippen molar-refractivity contribution in [3.05, 3.63) is 57.5 Å². The number of nitrogens with zero attached hydrogens (tertiary/aromatic N) is 1. The van der Waals surface area contributed by atoms with Crippen molar-refractivity contribution in [1.82, 2.24) is 4.31 Å². The Balaban J connectivity index is 2.10. The van der Waals surface area contributed by atoms with Crippen molar-refractivity contribution in [2.24, 2.45) is 0 Å². The Morgan fingerprint density at radius 2 is 1.77 bits per heavy atom. The molecule has 0 heterocycles. The van der Waals surface area contributed by atoms with Gasteiger partial charge in [-0.3, -0.25) is 9.59 Å². The van der Waals surface area contributed by atoms with E-state index in [1.165, 1.54) is 44.3 Å². The molecule has 6 nitrogen and oxygen atoms in total. The summed E-state index contributed by atoms with van der Waals surface area (Å²) in [5.74, 6) is -0.685. The van der Waals surface area contributed by atoms with Gasteiger partial charge in [-0.2, -0.15) is 4.31 Å². The van der Waals surface area contributed by atoms with Gasteiger partial charge in [0.1, 0.15) is 12.3 Å². The maximum absolute atomic E-state index is 12.5. The minimum Gasteiger partial charge on any atom is -0.424 e. The van der Waals surface area contributed by atoms with Crippen molar-refractivity contribution in [1.29, 1.82) is 0 Å². The number of halogens is 2. The van der Waals surface area contributed by atoms with Crippen molar-refractivity contribution in [2.45, 2.75) is 11.8 Å². The van der Waals surface area contributed by atoms with Crippen LogP contribution in [-0.4, -0.2) is 38.1 Å². The SMILES string of the molecule is CC(=O)c1ccc(S(=O)(=O)N(C)CC(=O)Oc2ccc(Cl)cc2Br)cc1. The van der Waals surface area contributed by atoms with E-state index >= 15 is 0 Å². The molecule has 0 amide bonds. The minimum atomic E-state index is -3.90. The van der Waals surface area contributed by atoms with Crippen LogP contribution in [0.4, 0.5) is 0 Å². The predicted octanol–water partition coefficient (Wildman–Crippen LogP) is 3.53. The molecule has 0 radical (unpaired) electrons. The number of rotatable bonds is 6. The molecule has 0 bridgehead atoms. The number of ketones is 1. The highest BCUT2D eigenvalue weighted by molar-refractivity contribution is 9.10. The predicted molar refractivity (Wildman–Crippen MR) is 101 cm³/mol. The monoisotopic (exact) mass is 459 g/mol. The van der Waals surface area contributed by atoms with Crippen molar-refractivity contribution >= 4 is 49.3 Å². The number of esters is 1. The van der Waals surface area contributed by atoms with Crippen LogP contribution >= 0.6 is 27.5 Å². The number of sulfonamides is 1. The quantitative estimate of drug-likeness (QED) is 0.374. The Hall–Kier alpha value is -1.74. The summed E-state index contributed by atoms with van der Waals surface area (Å²) in [5.41, 5.74) is 0.401. The third-order valence-corrected chi connectivity index (χ3v) is 6.11. The number of Topliss-reactive ketones (excluding diaryl/α,β-unsaturated/α-hetero) is 1. The van der Waals surface area contributed by atoms with Gasteiger partial charge >= 0.3 is 5.97 Å². The van der Waals surface area contributed by atoms with Crippen molar-refractivity contribution in [3.8, 4) is 5.75 Å². The molecule has 0 fully saturated rings. The van der Waals surface area contributed by atoms with Crippen molar-refractivity contribution in [3.63, 3.8) is 0 Å². The van der Waals surface area contributed by atoms with Gasteiger partial charge in [-0.15, -0.1) is 0 Å². The zero-order chi connectivity index (χ0) is 19.5. The number of carbonyl (C=O) groups excluding carboxylic acids is 2. The van der Waals surface area contributed by atoms with E-state index in [1.807, 2.05) is 0 Å². The van der Waals surface area contributed by atoms with Gasteiger partial charge in [-0.1, -0.05) is 23.7 Å². The summed E-state index contributed by atoms with van der Waals surface area (Å²) < 4.78 is 31.5. The third kappa shape index (κ3) is 4.91. The molecule has 0 unspecified atom stereocenters. The van der Waals surface area contributed by atoms with Crippen LogP contribution in [0.25, 0.3) is 0 Å². The van der Waals surface area contributed by atoms with E-state index in [0.717, 1.165) is 4.31 Å². The summed E-state index contributed by atoms with van der Waals surface area (Å²) in [5, 5.41) is 0.463. The van der Waals surface area contributed by atoms with Crippen LogP contribution in [0, 0.1) is 0 Å². The summed E-state index contributed by atoms with van der Waals surface area (Å²) in [6.45, 7) is 0.909. The van der Waals surface area contributed by atoms with Crippen LogP contribution in [0.5, 0.6) is 5.75 Å². The first kappa shape index (κ1) is 20.6. The molecule has 2 aromatic carbocycles. The lowest BCUT2D eigenvalue weighted by Crippen LogP contribution is -2.34. The maximum atomic E-state index is 12.5. The Morgan fingerprint density at radius 3 is 2.31 bits per heavy atom. The molecule has 0 spiro atoms. The van der Waals surface area contributed by atoms with Gasteiger partial charge in [-0.05, 0) is 53.2 Å². The number of hydrogen-bond donors (Lipinski definition) is 0. The Labute approximate surface area is 164 Å². The maximum Gasteiger partial charge on any atom is 0.326 e. The Morgan fingerprint density at radius 1 is 1.15 bits per heavy atom. The molecular weight excluding hydrogens is 446 g/mol. The highest BCUT2D eigenvalue weighted by atomic mass is 79.9. The first-order chi connectivity index (χ1) is 12.1. The molecule has 0 saturated heterocycles. The van der Waals surface area contributed by atoms with Gasteiger partial charge in [0.2, 0.25) is 10.0 Å². The third-order valence-electron chi connectivity index (χ3n) is 3.44. The number of carbonyl (C=O) groups is 2. The highest BCUT2D eigenvalue weighted by Crippen LogP contribution is 2.28. The second-order valence-electron chi connectivity index (χ2n) is 5.39. The van der Waals surface area contributed by atoms with Crippen LogP contribution in [-0.2, 0) is 14.8 Å². The van der Waals surface area contributed by atoms with E-state index in [4.69, 9.17) is 16.3 Å². The average molecular weight is 461 g/mol. The molecule has 0 aliphatic heterocycles. The van der Waals surface area contributed by atoms with E-state index in [0.29, 0.717) is 15.1 Å². The summed E-state index contributed by atoms with van der Waals surface area (Å²) in [4.78, 5) is 23.3. The summed E-state index contributed by atoms with van der Waals surface area (Å²) in [6, 6.07) is 10.1. The fourth-order valence-corrected chi connectivity index (χ4v) is 3.90. The van der Waals surface area contributed by atoms with Crippen LogP contribution in [0.3, 0.4) is 0 Å². The molecule has 0 aliphatic carbocycles. The number of likely N-dealkylation sites (N-methyl/N-ethyl adjacent to an activating group) is 1. The molecule has 0 saturated carbocycles. The van der Waals surface area contributed by atoms with E-state index in [2.05, 4.69) is 15.9 Å². The standard InChI is InChI=1S/C17H15BrClNO5S/c1-11(21)12-3-6-14(7-4-12)26(23,24)20(2)10-17(22)25-16-8-5-13(19)9-15(16)18/h3-9H,10H2,1-2H3. The van der Waals surface area contributed by atoms with E-state index in [1.54, 1.807) is 12.1 Å². The zero-order valence-electron chi connectivity index (χ0n) is 13.9. The van der Waals surface area contributed by atoms with Crippen molar-refractivity contribution in [2.75, 3.05) is 13.6 Å². The molecule has 138 valence electrons. The summed E-state index contributed by atoms with van der Waals surface area (Å²) in [6.07, 6.45) is 0. The van der Waals surface area contributed by atoms with Gasteiger partial charge in [0.15, 0.2) is 5.78 Å². The fourth-order valence-electron chi connectivity index (χ4n) is 2.02. The lowest BCUT2D eigenvalue weighted by Gasteiger charge is -2.16. The molecule has 2 rings (SSSR count). The fraction of sp³-hybridized carbons (Fsp3) is 0.176. The minimum absolute atomic E-state index is 0.0227. The van der Waals surface area contributed by atoms with Crippen LogP contribution < -0.4 is 4.74 Å². The second-order valence-corrected chi connectivity index (χ2v) is 8.73. The average Bonchev–Trinajstić information content (AvgIpc) is 2.57. The highest BCUT2D eigenvalue weighted by Gasteiger charge is 2.24. The molecule has 26 heavy (non-hydrogen) atoms. The van der Waals surface area contributed by atoms with Crippen LogP contribution in [0.1, 0.15) is 17.3 Å². The van der Waals surface area contributed by atoms with Gasteiger partial charge in [0, 0.05) is 17.6 Å². The summed E-state index contributed by atoms with van der Waals surface area (Å²) >= 11 is 9.03. The van der Waals surface area contributed by atoms with Crippen LogP contribution in [0.15, 0.2) is 51.8 Å². The first-order valence-electron chi connectivity index (χ1n) is 7.34. The first-order valence-corrected chi connectivity index (χ1v) is 9.95. The molecule has 0 aliphatic rings. The second kappa shape index (κ2) is 8.30. The van der Waals surface area contributed by atoms with Gasteiger partial charge in [-0.25, -0.2) is 8.42 Å². The normalized spacial score (nSPS) is 11.4. The zero-order valence-corrected chi connectivity index (χ0v) is 17.1. The number of ether oxygens (including phenoxy) is 1. The summed E-state index contributed by atoms with van der Waals surface area (Å²) in [7, 11) is -2.63. The number of hydrogen-bond acceptors (Lipinski definition) is 5. The van der Waals surface area contributed by atoms with Gasteiger partial charge < -0.3 is 4.74 Å². The lowest BCUT2D eigenvalue weighted by molar-refractivity contribution is -0.134. The lowest BCUT2D eigenvalue weighted by atomic mass is 10.2.